The Morgan fingerprint density at radius 1 is 1.22 bits per heavy atom. The van der Waals surface area contributed by atoms with Crippen LogP contribution in [0.1, 0.15) is 58.6 Å². The van der Waals surface area contributed by atoms with Crippen molar-refractivity contribution in [2.24, 2.45) is 0 Å². The molecule has 1 amide bonds. The molecule has 2 aliphatic rings. The maximum absolute atomic E-state index is 15.5. The molecule has 1 N–H and O–H groups in total. The zero-order valence-electron chi connectivity index (χ0n) is 19.6. The van der Waals surface area contributed by atoms with E-state index in [0.717, 1.165) is 43.0 Å². The third kappa shape index (κ3) is 6.44. The van der Waals surface area contributed by atoms with Gasteiger partial charge in [0, 0.05) is 37.0 Å². The summed E-state index contributed by atoms with van der Waals surface area (Å²) in [6, 6.07) is 5.83. The van der Waals surface area contributed by atoms with Crippen LogP contribution in [0.4, 0.5) is 22.0 Å². The summed E-state index contributed by atoms with van der Waals surface area (Å²) in [7, 11) is 0. The molecule has 1 saturated heterocycles. The van der Waals surface area contributed by atoms with Crippen LogP contribution < -0.4 is 9.46 Å². The highest BCUT2D eigenvalue weighted by Crippen LogP contribution is 2.45. The van der Waals surface area contributed by atoms with Crippen LogP contribution in [-0.4, -0.2) is 42.4 Å². The first-order chi connectivity index (χ1) is 17.0. The molecule has 0 aromatic heterocycles. The topological polar surface area (TPSA) is 41.6 Å². The first kappa shape index (κ1) is 27.0. The second-order valence-electron chi connectivity index (χ2n) is 9.30. The zero-order valence-corrected chi connectivity index (χ0v) is 21.1. The number of likely N-dealkylation sites (tertiary alicyclic amines) is 1. The molecule has 1 aliphatic carbocycles. The molecule has 2 aromatic rings. The first-order valence-electron chi connectivity index (χ1n) is 11.6. The lowest BCUT2D eigenvalue weighted by molar-refractivity contribution is -0.137. The molecule has 36 heavy (non-hydrogen) atoms. The Morgan fingerprint density at radius 3 is 2.53 bits per heavy atom. The molecule has 0 bridgehead atoms. The van der Waals surface area contributed by atoms with Gasteiger partial charge in [0.1, 0.15) is 23.8 Å². The molecule has 4 nitrogen and oxygen atoms in total. The summed E-state index contributed by atoms with van der Waals surface area (Å²) < 4.78 is 77.5. The average molecular weight is 549 g/mol. The van der Waals surface area contributed by atoms with E-state index in [-0.39, 0.29) is 48.2 Å². The van der Waals surface area contributed by atoms with Crippen molar-refractivity contribution in [2.75, 3.05) is 26.0 Å². The molecule has 1 aliphatic heterocycles. The van der Waals surface area contributed by atoms with Gasteiger partial charge in [0.15, 0.2) is 0 Å². The van der Waals surface area contributed by atoms with E-state index in [4.69, 9.17) is 16.3 Å². The van der Waals surface area contributed by atoms with Gasteiger partial charge in [-0.05, 0) is 67.0 Å². The fraction of sp³-hybridized carbons (Fsp3) is 0.480. The van der Waals surface area contributed by atoms with E-state index in [1.165, 1.54) is 12.1 Å². The first-order valence-corrected chi connectivity index (χ1v) is 13.2. The molecule has 1 heterocycles. The third-order valence-corrected chi connectivity index (χ3v) is 7.32. The minimum absolute atomic E-state index is 0.0740. The molecule has 4 rings (SSSR count). The molecule has 0 spiro atoms. The van der Waals surface area contributed by atoms with Gasteiger partial charge in [-0.1, -0.05) is 23.5 Å². The summed E-state index contributed by atoms with van der Waals surface area (Å²) in [6.45, 7) is 0.519. The van der Waals surface area contributed by atoms with Crippen molar-refractivity contribution in [3.8, 4) is 5.75 Å². The molecular formula is C25H26ClF5N2O2S. The van der Waals surface area contributed by atoms with Crippen LogP contribution >= 0.6 is 23.5 Å². The monoisotopic (exact) mass is 548 g/mol. The number of benzene rings is 2. The standard InChI is InChI=1S/C25H26ClF5N2O2S/c1-36-32-23(34)19-11-18(15-2-3-15)22(12-21(19)27)35-14-24(28)6-8-33(9-7-24)13-16-10-17(25(29,30)31)4-5-20(16)26/h4-5,10-12,15H,2-3,6-9,13-14H2,1H3,(H,32,34). The normalized spacial score (nSPS) is 18.2. The lowest BCUT2D eigenvalue weighted by Crippen LogP contribution is -2.44. The molecule has 2 fully saturated rings. The lowest BCUT2D eigenvalue weighted by Gasteiger charge is -2.36. The van der Waals surface area contributed by atoms with E-state index in [9.17, 15) is 22.4 Å². The van der Waals surface area contributed by atoms with Gasteiger partial charge < -0.3 is 4.74 Å². The number of alkyl halides is 4. The zero-order chi connectivity index (χ0) is 26.1. The fourth-order valence-electron chi connectivity index (χ4n) is 4.31. The van der Waals surface area contributed by atoms with Crippen molar-refractivity contribution in [3.05, 3.63) is 63.4 Å². The van der Waals surface area contributed by atoms with Gasteiger partial charge >= 0.3 is 6.18 Å². The van der Waals surface area contributed by atoms with Crippen molar-refractivity contribution >= 4 is 29.5 Å². The fourth-order valence-corrected chi connectivity index (χ4v) is 4.78. The summed E-state index contributed by atoms with van der Waals surface area (Å²) in [4.78, 5) is 14.0. The highest BCUT2D eigenvalue weighted by atomic mass is 35.5. The van der Waals surface area contributed by atoms with E-state index in [0.29, 0.717) is 24.2 Å². The molecular weight excluding hydrogens is 523 g/mol. The summed E-state index contributed by atoms with van der Waals surface area (Å²) in [5, 5.41) is 0.229. The number of carbonyl (C=O) groups is 1. The van der Waals surface area contributed by atoms with Crippen LogP contribution in [0.3, 0.4) is 0 Å². The third-order valence-electron chi connectivity index (χ3n) is 6.56. The molecule has 196 valence electrons. The molecule has 11 heteroatoms. The van der Waals surface area contributed by atoms with Crippen LogP contribution in [0, 0.1) is 5.82 Å². The van der Waals surface area contributed by atoms with Gasteiger partial charge in [-0.3, -0.25) is 14.4 Å². The van der Waals surface area contributed by atoms with Gasteiger partial charge in [0.05, 0.1) is 11.1 Å². The Hall–Kier alpha value is -2.04. The van der Waals surface area contributed by atoms with Crippen molar-refractivity contribution < 1.29 is 31.5 Å². The Kier molecular flexibility index (Phi) is 8.07. The van der Waals surface area contributed by atoms with Gasteiger partial charge in [-0.15, -0.1) is 0 Å². The Labute approximate surface area is 215 Å². The number of rotatable bonds is 8. The molecule has 2 aromatic carbocycles. The van der Waals surface area contributed by atoms with E-state index < -0.39 is 29.1 Å². The van der Waals surface area contributed by atoms with Gasteiger partial charge in [-0.2, -0.15) is 13.2 Å². The summed E-state index contributed by atoms with van der Waals surface area (Å²) in [6.07, 6.45) is -0.811. The Balaban J connectivity index is 1.38. The van der Waals surface area contributed by atoms with Crippen molar-refractivity contribution in [3.63, 3.8) is 0 Å². The van der Waals surface area contributed by atoms with E-state index in [2.05, 4.69) is 4.72 Å². The maximum Gasteiger partial charge on any atom is 0.416 e. The van der Waals surface area contributed by atoms with Crippen molar-refractivity contribution in [1.82, 2.24) is 9.62 Å². The number of nitrogens with zero attached hydrogens (tertiary/aromatic N) is 1. The Morgan fingerprint density at radius 2 is 1.92 bits per heavy atom. The second-order valence-corrected chi connectivity index (χ2v) is 10.3. The summed E-state index contributed by atoms with van der Waals surface area (Å²) in [5.41, 5.74) is -1.48. The number of hydrogen-bond acceptors (Lipinski definition) is 4. The predicted octanol–water partition coefficient (Wildman–Crippen LogP) is 6.77. The molecule has 0 unspecified atom stereocenters. The highest BCUT2D eigenvalue weighted by molar-refractivity contribution is 7.97. The average Bonchev–Trinajstić information content (AvgIpc) is 3.65. The largest absolute Gasteiger partial charge is 0.490 e. The van der Waals surface area contributed by atoms with Gasteiger partial charge in [-0.25, -0.2) is 8.78 Å². The van der Waals surface area contributed by atoms with Crippen LogP contribution in [-0.2, 0) is 12.7 Å². The number of hydrogen-bond donors (Lipinski definition) is 1. The highest BCUT2D eigenvalue weighted by Gasteiger charge is 2.37. The van der Waals surface area contributed by atoms with Crippen LogP contribution in [0.15, 0.2) is 30.3 Å². The number of ether oxygens (including phenoxy) is 1. The minimum Gasteiger partial charge on any atom is -0.490 e. The van der Waals surface area contributed by atoms with Crippen LogP contribution in [0.5, 0.6) is 5.75 Å². The quantitative estimate of drug-likeness (QED) is 0.292. The second kappa shape index (κ2) is 10.8. The Bertz CT molecular complexity index is 1120. The summed E-state index contributed by atoms with van der Waals surface area (Å²) >= 11 is 7.17. The van der Waals surface area contributed by atoms with E-state index >= 15 is 4.39 Å². The van der Waals surface area contributed by atoms with E-state index in [1.54, 1.807) is 6.26 Å². The predicted molar refractivity (Wildman–Crippen MR) is 130 cm³/mol. The number of piperidine rings is 1. The number of halogens is 6. The van der Waals surface area contributed by atoms with Crippen molar-refractivity contribution in [2.45, 2.75) is 50.0 Å². The molecule has 1 saturated carbocycles. The van der Waals surface area contributed by atoms with Gasteiger partial charge in [0.25, 0.3) is 5.91 Å². The van der Waals surface area contributed by atoms with Gasteiger partial charge in [0.2, 0.25) is 0 Å². The maximum atomic E-state index is 15.5. The molecule has 0 radical (unpaired) electrons. The number of amides is 1. The smallest absolute Gasteiger partial charge is 0.416 e. The lowest BCUT2D eigenvalue weighted by atomic mass is 9.93. The number of carbonyl (C=O) groups excluding carboxylic acids is 1. The van der Waals surface area contributed by atoms with Crippen molar-refractivity contribution in [1.29, 1.82) is 0 Å². The van der Waals surface area contributed by atoms with Crippen LogP contribution in [0.25, 0.3) is 0 Å². The SMILES string of the molecule is CSNC(=O)c1cc(C2CC2)c(OCC2(F)CCN(Cc3cc(C(F)(F)F)ccc3Cl)CC2)cc1F. The minimum atomic E-state index is -4.47. The van der Waals surface area contributed by atoms with E-state index in [1.807, 2.05) is 4.90 Å². The van der Waals surface area contributed by atoms with Crippen LogP contribution in [0.2, 0.25) is 5.02 Å². The molecule has 0 atom stereocenters. The number of nitrogens with one attached hydrogen (secondary N) is 1. The summed E-state index contributed by atoms with van der Waals surface area (Å²) in [5.74, 6) is -0.882.